The summed E-state index contributed by atoms with van der Waals surface area (Å²) < 4.78 is 7.96. The van der Waals surface area contributed by atoms with Crippen LogP contribution in [0.3, 0.4) is 0 Å². The fourth-order valence-corrected chi connectivity index (χ4v) is 2.55. The molecule has 1 unspecified atom stereocenters. The minimum absolute atomic E-state index is 0.102. The number of benzene rings is 1. The molecule has 0 N–H and O–H groups in total. The minimum Gasteiger partial charge on any atom is -0.488 e. The van der Waals surface area contributed by atoms with Crippen LogP contribution in [0.2, 0.25) is 0 Å². The zero-order valence-corrected chi connectivity index (χ0v) is 11.2. The first kappa shape index (κ1) is 12.0. The van der Waals surface area contributed by atoms with Gasteiger partial charge in [0.15, 0.2) is 5.78 Å². The van der Waals surface area contributed by atoms with E-state index in [1.807, 2.05) is 29.1 Å². The second-order valence-corrected chi connectivity index (χ2v) is 5.21. The first-order chi connectivity index (χ1) is 9.11. The van der Waals surface area contributed by atoms with Gasteiger partial charge in [-0.1, -0.05) is 17.7 Å². The molecule has 0 bridgehead atoms. The van der Waals surface area contributed by atoms with Gasteiger partial charge in [0.25, 0.3) is 0 Å². The molecule has 0 saturated heterocycles. The third kappa shape index (κ3) is 2.41. The topological polar surface area (TPSA) is 31.2 Å². The Morgan fingerprint density at radius 1 is 1.42 bits per heavy atom. The second-order valence-electron chi connectivity index (χ2n) is 5.21. The number of hydrogen-bond donors (Lipinski definition) is 0. The van der Waals surface area contributed by atoms with Crippen LogP contribution in [-0.2, 0) is 13.0 Å². The highest BCUT2D eigenvalue weighted by molar-refractivity contribution is 5.93. The van der Waals surface area contributed by atoms with Crippen LogP contribution in [0, 0.1) is 6.92 Å². The first-order valence-corrected chi connectivity index (χ1v) is 6.55. The van der Waals surface area contributed by atoms with E-state index in [-0.39, 0.29) is 11.9 Å². The number of ketones is 1. The number of Topliss-reactive ketones (excluding diaryl/α,β-unsaturated/α-hetero) is 1. The average Bonchev–Trinajstić information content (AvgIpc) is 2.95. The summed E-state index contributed by atoms with van der Waals surface area (Å²) in [5.41, 5.74) is 3.30. The maximum absolute atomic E-state index is 11.3. The molecule has 1 aromatic heterocycles. The lowest BCUT2D eigenvalue weighted by Crippen LogP contribution is -2.19. The summed E-state index contributed by atoms with van der Waals surface area (Å²) in [6, 6.07) is 8.16. The number of carbonyl (C=O) groups excluding carboxylic acids is 1. The number of nitrogens with zero attached hydrogens (tertiary/aromatic N) is 1. The molecule has 0 aliphatic carbocycles. The van der Waals surface area contributed by atoms with Gasteiger partial charge in [-0.3, -0.25) is 4.79 Å². The highest BCUT2D eigenvalue weighted by atomic mass is 16.5. The molecule has 1 aliphatic heterocycles. The molecule has 1 atom stereocenters. The van der Waals surface area contributed by atoms with Gasteiger partial charge in [0.2, 0.25) is 0 Å². The van der Waals surface area contributed by atoms with E-state index in [9.17, 15) is 4.79 Å². The quantitative estimate of drug-likeness (QED) is 0.789. The number of rotatable bonds is 3. The molecule has 3 heteroatoms. The van der Waals surface area contributed by atoms with Crippen LogP contribution in [0.5, 0.6) is 5.75 Å². The number of hydrogen-bond acceptors (Lipinski definition) is 2. The van der Waals surface area contributed by atoms with Gasteiger partial charge in [-0.15, -0.1) is 0 Å². The Hall–Kier alpha value is -2.03. The molecule has 0 spiro atoms. The summed E-state index contributed by atoms with van der Waals surface area (Å²) in [4.78, 5) is 11.3. The van der Waals surface area contributed by atoms with E-state index in [1.54, 1.807) is 6.92 Å². The van der Waals surface area contributed by atoms with Gasteiger partial charge in [0.1, 0.15) is 11.9 Å². The number of aromatic nitrogens is 1. The highest BCUT2D eigenvalue weighted by Gasteiger charge is 2.23. The Balaban J connectivity index is 1.71. The zero-order chi connectivity index (χ0) is 13.4. The predicted octanol–water partition coefficient (Wildman–Crippen LogP) is 3.00. The molecule has 0 saturated carbocycles. The van der Waals surface area contributed by atoms with Crippen LogP contribution in [0.25, 0.3) is 0 Å². The molecule has 1 aromatic carbocycles. The largest absolute Gasteiger partial charge is 0.488 e. The fourth-order valence-electron chi connectivity index (χ4n) is 2.55. The molecule has 1 aliphatic rings. The smallest absolute Gasteiger partial charge is 0.161 e. The van der Waals surface area contributed by atoms with E-state index in [2.05, 4.69) is 19.1 Å². The fraction of sp³-hybridized carbons (Fsp3) is 0.312. The van der Waals surface area contributed by atoms with E-state index in [0.29, 0.717) is 0 Å². The van der Waals surface area contributed by atoms with E-state index in [4.69, 9.17) is 4.74 Å². The maximum atomic E-state index is 11.3. The lowest BCUT2D eigenvalue weighted by atomic mass is 10.1. The number of fused-ring (bicyclic) bond motifs is 1. The van der Waals surface area contributed by atoms with Gasteiger partial charge < -0.3 is 9.30 Å². The summed E-state index contributed by atoms with van der Waals surface area (Å²) in [6.45, 7) is 4.46. The van der Waals surface area contributed by atoms with Crippen LogP contribution >= 0.6 is 0 Å². The lowest BCUT2D eigenvalue weighted by Gasteiger charge is -2.11. The number of ether oxygens (including phenoxy) is 1. The summed E-state index contributed by atoms with van der Waals surface area (Å²) in [7, 11) is 0. The molecule has 3 rings (SSSR count). The van der Waals surface area contributed by atoms with Crippen molar-refractivity contribution in [2.45, 2.75) is 32.9 Å². The van der Waals surface area contributed by atoms with Gasteiger partial charge in [-0.05, 0) is 31.5 Å². The molecular formula is C16H17NO2. The van der Waals surface area contributed by atoms with Crippen molar-refractivity contribution in [1.29, 1.82) is 0 Å². The van der Waals surface area contributed by atoms with E-state index in [1.165, 1.54) is 11.1 Å². The van der Waals surface area contributed by atoms with Crippen LogP contribution in [0.1, 0.15) is 28.4 Å². The third-order valence-corrected chi connectivity index (χ3v) is 3.53. The summed E-state index contributed by atoms with van der Waals surface area (Å²) in [5.74, 6) is 1.10. The maximum Gasteiger partial charge on any atom is 0.161 e. The Labute approximate surface area is 112 Å². The van der Waals surface area contributed by atoms with Crippen molar-refractivity contribution in [1.82, 2.24) is 4.57 Å². The molecule has 2 aromatic rings. The van der Waals surface area contributed by atoms with Gasteiger partial charge >= 0.3 is 0 Å². The highest BCUT2D eigenvalue weighted by Crippen LogP contribution is 2.30. The summed E-state index contributed by atoms with van der Waals surface area (Å²) in [6.07, 6.45) is 4.92. The number of carbonyl (C=O) groups is 1. The normalized spacial score (nSPS) is 17.1. The van der Waals surface area contributed by atoms with Crippen molar-refractivity contribution in [3.63, 3.8) is 0 Å². The molecule has 98 valence electrons. The van der Waals surface area contributed by atoms with E-state index < -0.39 is 0 Å². The molecule has 0 amide bonds. The lowest BCUT2D eigenvalue weighted by molar-refractivity contribution is 0.101. The average molecular weight is 255 g/mol. The molecule has 0 fully saturated rings. The minimum atomic E-state index is 0.102. The van der Waals surface area contributed by atoms with E-state index >= 15 is 0 Å². The SMILES string of the molecule is CC(=O)c1ccn(CC2Cc3cc(C)ccc3O2)c1. The monoisotopic (exact) mass is 255 g/mol. The van der Waals surface area contributed by atoms with Crippen molar-refractivity contribution in [3.8, 4) is 5.75 Å². The van der Waals surface area contributed by atoms with Crippen LogP contribution in [0.4, 0.5) is 0 Å². The Morgan fingerprint density at radius 3 is 3.00 bits per heavy atom. The van der Waals surface area contributed by atoms with Gasteiger partial charge in [0.05, 0.1) is 6.54 Å². The van der Waals surface area contributed by atoms with Crippen molar-refractivity contribution in [2.75, 3.05) is 0 Å². The second kappa shape index (κ2) is 4.57. The Bertz CT molecular complexity index is 627. The van der Waals surface area contributed by atoms with Crippen molar-refractivity contribution in [3.05, 3.63) is 53.3 Å². The van der Waals surface area contributed by atoms with Gasteiger partial charge in [-0.25, -0.2) is 0 Å². The van der Waals surface area contributed by atoms with E-state index in [0.717, 1.165) is 24.3 Å². The van der Waals surface area contributed by atoms with Crippen molar-refractivity contribution < 1.29 is 9.53 Å². The predicted molar refractivity (Wildman–Crippen MR) is 73.7 cm³/mol. The zero-order valence-electron chi connectivity index (χ0n) is 11.2. The molecule has 19 heavy (non-hydrogen) atoms. The first-order valence-electron chi connectivity index (χ1n) is 6.55. The molecule has 0 radical (unpaired) electrons. The van der Waals surface area contributed by atoms with Crippen LogP contribution in [0.15, 0.2) is 36.7 Å². The van der Waals surface area contributed by atoms with Crippen molar-refractivity contribution in [2.24, 2.45) is 0 Å². The summed E-state index contributed by atoms with van der Waals surface area (Å²) in [5, 5.41) is 0. The molecule has 3 nitrogen and oxygen atoms in total. The third-order valence-electron chi connectivity index (χ3n) is 3.53. The number of aryl methyl sites for hydroxylation is 1. The standard InChI is InChI=1S/C16H17NO2/c1-11-3-4-16-14(7-11)8-15(19-16)10-17-6-5-13(9-17)12(2)18/h3-7,9,15H,8,10H2,1-2H3. The van der Waals surface area contributed by atoms with Crippen LogP contribution < -0.4 is 4.74 Å². The van der Waals surface area contributed by atoms with Gasteiger partial charge in [-0.2, -0.15) is 0 Å². The van der Waals surface area contributed by atoms with Crippen molar-refractivity contribution >= 4 is 5.78 Å². The van der Waals surface area contributed by atoms with Gasteiger partial charge in [0, 0.05) is 24.4 Å². The molecular weight excluding hydrogens is 238 g/mol. The Morgan fingerprint density at radius 2 is 2.26 bits per heavy atom. The summed E-state index contributed by atoms with van der Waals surface area (Å²) >= 11 is 0. The molecule has 2 heterocycles. The van der Waals surface area contributed by atoms with Crippen LogP contribution in [-0.4, -0.2) is 16.5 Å². The Kier molecular flexibility index (Phi) is 2.90.